The molecule has 10 heteroatoms. The van der Waals surface area contributed by atoms with Gasteiger partial charge in [-0.3, -0.25) is 4.79 Å². The number of halogens is 4. The third kappa shape index (κ3) is 3.84. The first-order chi connectivity index (χ1) is 14.7. The summed E-state index contributed by atoms with van der Waals surface area (Å²) in [6, 6.07) is 11.8. The normalized spacial score (nSPS) is 11.7. The van der Waals surface area contributed by atoms with E-state index >= 15 is 0 Å². The SMILES string of the molecule is Cc1nn2c(C)c(C(=O)Nc3ccccc3C(F)(F)F)nnc2c1-c1ccc(Cl)cc1. The van der Waals surface area contributed by atoms with Crippen molar-refractivity contribution in [2.24, 2.45) is 0 Å². The van der Waals surface area contributed by atoms with Crippen molar-refractivity contribution >= 4 is 28.8 Å². The van der Waals surface area contributed by atoms with E-state index < -0.39 is 17.6 Å². The number of hydrogen-bond donors (Lipinski definition) is 1. The Morgan fingerprint density at radius 3 is 2.39 bits per heavy atom. The zero-order chi connectivity index (χ0) is 22.3. The Hall–Kier alpha value is -3.46. The first-order valence-corrected chi connectivity index (χ1v) is 9.50. The van der Waals surface area contributed by atoms with Crippen molar-refractivity contribution < 1.29 is 18.0 Å². The van der Waals surface area contributed by atoms with Crippen LogP contribution in [0.5, 0.6) is 0 Å². The average molecular weight is 446 g/mol. The van der Waals surface area contributed by atoms with Gasteiger partial charge in [0.25, 0.3) is 5.91 Å². The molecule has 1 N–H and O–H groups in total. The number of hydrogen-bond acceptors (Lipinski definition) is 4. The van der Waals surface area contributed by atoms with Gasteiger partial charge < -0.3 is 5.32 Å². The zero-order valence-corrected chi connectivity index (χ0v) is 17.1. The van der Waals surface area contributed by atoms with Crippen LogP contribution in [0.25, 0.3) is 16.8 Å². The molecular weight excluding hydrogens is 431 g/mol. The number of benzene rings is 2. The summed E-state index contributed by atoms with van der Waals surface area (Å²) in [7, 11) is 0. The van der Waals surface area contributed by atoms with Gasteiger partial charge >= 0.3 is 6.18 Å². The lowest BCUT2D eigenvalue weighted by molar-refractivity contribution is -0.136. The molecule has 1 amide bonds. The van der Waals surface area contributed by atoms with Crippen LogP contribution < -0.4 is 5.32 Å². The first kappa shape index (κ1) is 20.8. The van der Waals surface area contributed by atoms with Crippen molar-refractivity contribution in [3.8, 4) is 11.1 Å². The Morgan fingerprint density at radius 2 is 1.71 bits per heavy atom. The Bertz CT molecular complexity index is 1300. The van der Waals surface area contributed by atoms with Crippen LogP contribution in [0.3, 0.4) is 0 Å². The van der Waals surface area contributed by atoms with Crippen molar-refractivity contribution in [2.45, 2.75) is 20.0 Å². The molecule has 2 heterocycles. The van der Waals surface area contributed by atoms with Gasteiger partial charge in [0, 0.05) is 5.02 Å². The lowest BCUT2D eigenvalue weighted by Crippen LogP contribution is -2.20. The molecule has 0 spiro atoms. The van der Waals surface area contributed by atoms with Crippen molar-refractivity contribution in [2.75, 3.05) is 5.32 Å². The molecule has 4 aromatic rings. The van der Waals surface area contributed by atoms with E-state index in [1.807, 2.05) is 12.1 Å². The molecule has 31 heavy (non-hydrogen) atoms. The molecular formula is C21H15ClF3N5O. The van der Waals surface area contributed by atoms with E-state index in [0.717, 1.165) is 17.2 Å². The van der Waals surface area contributed by atoms with Gasteiger partial charge in [-0.05, 0) is 43.7 Å². The van der Waals surface area contributed by atoms with Gasteiger partial charge in [-0.2, -0.15) is 18.3 Å². The molecule has 0 aliphatic carbocycles. The van der Waals surface area contributed by atoms with Crippen LogP contribution in [-0.4, -0.2) is 25.7 Å². The Balaban J connectivity index is 1.74. The molecule has 0 unspecified atom stereocenters. The van der Waals surface area contributed by atoms with Gasteiger partial charge in [0.1, 0.15) is 0 Å². The number of alkyl halides is 3. The Morgan fingerprint density at radius 1 is 1.03 bits per heavy atom. The molecule has 0 fully saturated rings. The number of carbonyl (C=O) groups is 1. The number of aryl methyl sites for hydroxylation is 2. The number of fused-ring (bicyclic) bond motifs is 1. The van der Waals surface area contributed by atoms with Crippen LogP contribution in [0, 0.1) is 13.8 Å². The maximum absolute atomic E-state index is 13.2. The molecule has 0 saturated carbocycles. The number of rotatable bonds is 3. The Kier molecular flexibility index (Phi) is 5.14. The van der Waals surface area contributed by atoms with E-state index in [4.69, 9.17) is 11.6 Å². The zero-order valence-electron chi connectivity index (χ0n) is 16.3. The van der Waals surface area contributed by atoms with E-state index in [1.54, 1.807) is 26.0 Å². The fourth-order valence-electron chi connectivity index (χ4n) is 3.30. The number of amides is 1. The average Bonchev–Trinajstić information content (AvgIpc) is 3.05. The lowest BCUT2D eigenvalue weighted by Gasteiger charge is -2.13. The minimum absolute atomic E-state index is 0.130. The summed E-state index contributed by atoms with van der Waals surface area (Å²) in [5.41, 5.74) is 1.52. The summed E-state index contributed by atoms with van der Waals surface area (Å²) in [6.45, 7) is 3.39. The van der Waals surface area contributed by atoms with Gasteiger partial charge in [0.15, 0.2) is 11.3 Å². The molecule has 6 nitrogen and oxygen atoms in total. The smallest absolute Gasteiger partial charge is 0.320 e. The second-order valence-electron chi connectivity index (χ2n) is 6.83. The third-order valence-corrected chi connectivity index (χ3v) is 5.02. The van der Waals surface area contributed by atoms with Gasteiger partial charge in [-0.25, -0.2) is 4.52 Å². The largest absolute Gasteiger partial charge is 0.418 e. The minimum atomic E-state index is -4.61. The van der Waals surface area contributed by atoms with Gasteiger partial charge in [-0.1, -0.05) is 35.9 Å². The standard InChI is InChI=1S/C21H15ClF3N5O/c1-11-17(13-7-9-14(22)10-8-13)19-28-27-18(12(2)30(19)29-11)20(31)26-16-6-4-3-5-15(16)21(23,24)25/h3-10H,1-2H3,(H,26,31). The molecule has 2 aromatic heterocycles. The number of nitrogens with one attached hydrogen (secondary N) is 1. The van der Waals surface area contributed by atoms with E-state index in [1.165, 1.54) is 22.7 Å². The van der Waals surface area contributed by atoms with Crippen LogP contribution in [0.4, 0.5) is 18.9 Å². The first-order valence-electron chi connectivity index (χ1n) is 9.13. The van der Waals surface area contributed by atoms with Gasteiger partial charge in [0.05, 0.1) is 28.2 Å². The van der Waals surface area contributed by atoms with Crippen molar-refractivity contribution in [1.82, 2.24) is 19.8 Å². The highest BCUT2D eigenvalue weighted by molar-refractivity contribution is 6.30. The fraction of sp³-hybridized carbons (Fsp3) is 0.143. The van der Waals surface area contributed by atoms with E-state index in [2.05, 4.69) is 20.6 Å². The number of nitrogens with zero attached hydrogens (tertiary/aromatic N) is 4. The predicted molar refractivity (Wildman–Crippen MR) is 110 cm³/mol. The van der Waals surface area contributed by atoms with Crippen LogP contribution in [0.2, 0.25) is 5.02 Å². The molecule has 0 aliphatic heterocycles. The maximum Gasteiger partial charge on any atom is 0.418 e. The topological polar surface area (TPSA) is 72.2 Å². The quantitative estimate of drug-likeness (QED) is 0.462. The van der Waals surface area contributed by atoms with Crippen molar-refractivity contribution in [3.05, 3.63) is 76.2 Å². The minimum Gasteiger partial charge on any atom is -0.320 e. The molecule has 0 atom stereocenters. The van der Waals surface area contributed by atoms with E-state index in [-0.39, 0.29) is 11.4 Å². The third-order valence-electron chi connectivity index (χ3n) is 4.77. The molecule has 0 bridgehead atoms. The highest BCUT2D eigenvalue weighted by atomic mass is 35.5. The molecule has 2 aromatic carbocycles. The highest BCUT2D eigenvalue weighted by Crippen LogP contribution is 2.35. The summed E-state index contributed by atoms with van der Waals surface area (Å²) >= 11 is 5.95. The summed E-state index contributed by atoms with van der Waals surface area (Å²) in [4.78, 5) is 12.7. The summed E-state index contributed by atoms with van der Waals surface area (Å²) < 4.78 is 41.1. The van der Waals surface area contributed by atoms with Crippen LogP contribution in [0.15, 0.2) is 48.5 Å². The van der Waals surface area contributed by atoms with Crippen LogP contribution in [0.1, 0.15) is 27.4 Å². The van der Waals surface area contributed by atoms with E-state index in [0.29, 0.717) is 22.1 Å². The summed E-state index contributed by atoms with van der Waals surface area (Å²) in [5.74, 6) is -0.815. The number of aromatic nitrogens is 4. The van der Waals surface area contributed by atoms with Gasteiger partial charge in [0.2, 0.25) is 0 Å². The van der Waals surface area contributed by atoms with Gasteiger partial charge in [-0.15, -0.1) is 10.2 Å². The predicted octanol–water partition coefficient (Wildman–Crippen LogP) is 5.33. The summed E-state index contributed by atoms with van der Waals surface area (Å²) in [6.07, 6.45) is -4.61. The lowest BCUT2D eigenvalue weighted by atomic mass is 10.1. The maximum atomic E-state index is 13.2. The number of carbonyl (C=O) groups excluding carboxylic acids is 1. The van der Waals surface area contributed by atoms with Crippen LogP contribution >= 0.6 is 11.6 Å². The van der Waals surface area contributed by atoms with Crippen molar-refractivity contribution in [3.63, 3.8) is 0 Å². The molecule has 4 rings (SSSR count). The highest BCUT2D eigenvalue weighted by Gasteiger charge is 2.34. The van der Waals surface area contributed by atoms with Crippen molar-refractivity contribution in [1.29, 1.82) is 0 Å². The monoisotopic (exact) mass is 445 g/mol. The fourth-order valence-corrected chi connectivity index (χ4v) is 3.42. The van der Waals surface area contributed by atoms with E-state index in [9.17, 15) is 18.0 Å². The molecule has 0 saturated heterocycles. The Labute approximate surface area is 179 Å². The second kappa shape index (κ2) is 7.66. The summed E-state index contributed by atoms with van der Waals surface area (Å²) in [5, 5.41) is 15.4. The van der Waals surface area contributed by atoms with Crippen LogP contribution in [-0.2, 0) is 6.18 Å². The number of anilines is 1. The second-order valence-corrected chi connectivity index (χ2v) is 7.27. The molecule has 0 aliphatic rings. The molecule has 158 valence electrons. The molecule has 0 radical (unpaired) electrons. The number of para-hydroxylation sites is 1.